The van der Waals surface area contributed by atoms with Crippen LogP contribution in [0, 0.1) is 0 Å². The lowest BCUT2D eigenvalue weighted by molar-refractivity contribution is -0.132. The van der Waals surface area contributed by atoms with E-state index in [4.69, 9.17) is 0 Å². The highest BCUT2D eigenvalue weighted by Crippen LogP contribution is 2.27. The largest absolute Gasteiger partial charge is 0.352 e. The molecule has 2 heterocycles. The molecule has 3 rings (SSSR count). The molecule has 1 N–H and O–H groups in total. The number of nitrogens with one attached hydrogen (secondary N) is 1. The molecular weight excluding hydrogens is 246 g/mol. The van der Waals surface area contributed by atoms with Crippen molar-refractivity contribution in [1.29, 1.82) is 0 Å². The molecule has 0 aromatic carbocycles. The molecule has 0 bridgehead atoms. The third-order valence-corrected chi connectivity index (χ3v) is 4.30. The van der Waals surface area contributed by atoms with Gasteiger partial charge < -0.3 is 10.2 Å². The summed E-state index contributed by atoms with van der Waals surface area (Å²) in [4.78, 5) is 38.7. The number of urea groups is 1. The fraction of sp³-hybridized carbons (Fsp3) is 0.769. The molecule has 19 heavy (non-hydrogen) atoms. The molecule has 0 aromatic heterocycles. The minimum Gasteiger partial charge on any atom is -0.352 e. The zero-order valence-electron chi connectivity index (χ0n) is 10.9. The third kappa shape index (κ3) is 2.19. The number of hydrogen-bond acceptors (Lipinski definition) is 3. The van der Waals surface area contributed by atoms with Crippen molar-refractivity contribution < 1.29 is 14.4 Å². The topological polar surface area (TPSA) is 69.7 Å². The highest BCUT2D eigenvalue weighted by atomic mass is 16.2. The average Bonchev–Trinajstić information content (AvgIpc) is 3.07. The van der Waals surface area contributed by atoms with Crippen LogP contribution in [0.3, 0.4) is 0 Å². The van der Waals surface area contributed by atoms with Gasteiger partial charge in [-0.25, -0.2) is 4.79 Å². The minimum atomic E-state index is -0.313. The monoisotopic (exact) mass is 265 g/mol. The first kappa shape index (κ1) is 12.4. The third-order valence-electron chi connectivity index (χ3n) is 4.30. The number of nitrogens with zero attached hydrogens (tertiary/aromatic N) is 2. The Bertz CT molecular complexity index is 395. The molecule has 0 radical (unpaired) electrons. The molecule has 1 atom stereocenters. The van der Waals surface area contributed by atoms with Gasteiger partial charge in [0.2, 0.25) is 5.91 Å². The second kappa shape index (κ2) is 4.83. The molecule has 104 valence electrons. The van der Waals surface area contributed by atoms with E-state index in [0.717, 1.165) is 43.4 Å². The maximum Gasteiger partial charge on any atom is 0.327 e. The van der Waals surface area contributed by atoms with Gasteiger partial charge in [0, 0.05) is 12.6 Å². The fourth-order valence-corrected chi connectivity index (χ4v) is 3.31. The van der Waals surface area contributed by atoms with Gasteiger partial charge in [-0.1, -0.05) is 12.8 Å². The molecule has 4 amide bonds. The maximum atomic E-state index is 12.1. The predicted octanol–water partition coefficient (Wildman–Crippen LogP) is 0.472. The molecule has 3 fully saturated rings. The quantitative estimate of drug-likeness (QED) is 0.754. The first-order valence-corrected chi connectivity index (χ1v) is 7.08. The number of carbonyl (C=O) groups excluding carboxylic acids is 3. The van der Waals surface area contributed by atoms with E-state index in [1.54, 1.807) is 4.90 Å². The van der Waals surface area contributed by atoms with Crippen LogP contribution in [0.5, 0.6) is 0 Å². The lowest BCUT2D eigenvalue weighted by Crippen LogP contribution is -2.44. The summed E-state index contributed by atoms with van der Waals surface area (Å²) in [5, 5.41) is 2.91. The van der Waals surface area contributed by atoms with Crippen molar-refractivity contribution in [2.75, 3.05) is 13.1 Å². The Hall–Kier alpha value is -1.59. The lowest BCUT2D eigenvalue weighted by Gasteiger charge is -2.17. The number of imide groups is 1. The van der Waals surface area contributed by atoms with Gasteiger partial charge >= 0.3 is 6.03 Å². The standard InChI is InChI=1S/C13H19N3O3/c17-11(14-9-4-1-2-5-9)8-16-12(18)10-6-3-7-15(10)13(16)19/h9-10H,1-8H2,(H,14,17)/t10-/m1/s1. The highest BCUT2D eigenvalue weighted by Gasteiger charge is 2.47. The van der Waals surface area contributed by atoms with E-state index in [9.17, 15) is 14.4 Å². The summed E-state index contributed by atoms with van der Waals surface area (Å²) in [5.74, 6) is -0.418. The number of fused-ring (bicyclic) bond motifs is 1. The van der Waals surface area contributed by atoms with E-state index in [2.05, 4.69) is 5.32 Å². The molecule has 3 aliphatic rings. The summed E-state index contributed by atoms with van der Waals surface area (Å²) in [6.45, 7) is 0.511. The molecule has 0 unspecified atom stereocenters. The molecule has 1 saturated carbocycles. The normalized spacial score (nSPS) is 27.3. The van der Waals surface area contributed by atoms with Crippen LogP contribution in [0.15, 0.2) is 0 Å². The van der Waals surface area contributed by atoms with Crippen molar-refractivity contribution in [3.8, 4) is 0 Å². The van der Waals surface area contributed by atoms with Gasteiger partial charge in [0.15, 0.2) is 0 Å². The van der Waals surface area contributed by atoms with Crippen LogP contribution in [0.4, 0.5) is 4.79 Å². The van der Waals surface area contributed by atoms with Gasteiger partial charge in [-0.2, -0.15) is 0 Å². The molecule has 0 aromatic rings. The van der Waals surface area contributed by atoms with Crippen LogP contribution in [0.25, 0.3) is 0 Å². The molecule has 6 heteroatoms. The van der Waals surface area contributed by atoms with Crippen LogP contribution in [-0.4, -0.2) is 52.8 Å². The molecule has 0 spiro atoms. The zero-order valence-corrected chi connectivity index (χ0v) is 10.9. The first-order chi connectivity index (χ1) is 9.16. The Morgan fingerprint density at radius 2 is 1.89 bits per heavy atom. The van der Waals surface area contributed by atoms with Crippen molar-refractivity contribution in [3.63, 3.8) is 0 Å². The maximum absolute atomic E-state index is 12.1. The van der Waals surface area contributed by atoms with Crippen molar-refractivity contribution in [3.05, 3.63) is 0 Å². The van der Waals surface area contributed by atoms with Crippen molar-refractivity contribution in [2.24, 2.45) is 0 Å². The molecular formula is C13H19N3O3. The van der Waals surface area contributed by atoms with Gasteiger partial charge in [-0.15, -0.1) is 0 Å². The van der Waals surface area contributed by atoms with Crippen molar-refractivity contribution in [1.82, 2.24) is 15.1 Å². The van der Waals surface area contributed by atoms with Crippen LogP contribution in [-0.2, 0) is 9.59 Å². The van der Waals surface area contributed by atoms with Crippen LogP contribution >= 0.6 is 0 Å². The number of amides is 4. The Labute approximate surface area is 112 Å². The van der Waals surface area contributed by atoms with E-state index < -0.39 is 0 Å². The van der Waals surface area contributed by atoms with Crippen LogP contribution < -0.4 is 5.32 Å². The van der Waals surface area contributed by atoms with Gasteiger partial charge in [0.1, 0.15) is 12.6 Å². The van der Waals surface area contributed by atoms with E-state index >= 15 is 0 Å². The van der Waals surface area contributed by atoms with E-state index in [-0.39, 0.29) is 36.5 Å². The van der Waals surface area contributed by atoms with Gasteiger partial charge in [0.05, 0.1) is 0 Å². The van der Waals surface area contributed by atoms with E-state index in [1.807, 2.05) is 0 Å². The zero-order chi connectivity index (χ0) is 13.4. The van der Waals surface area contributed by atoms with E-state index in [1.165, 1.54) is 0 Å². The van der Waals surface area contributed by atoms with Crippen molar-refractivity contribution >= 4 is 17.8 Å². The molecule has 1 aliphatic carbocycles. The highest BCUT2D eigenvalue weighted by molar-refractivity contribution is 6.06. The average molecular weight is 265 g/mol. The second-order valence-corrected chi connectivity index (χ2v) is 5.61. The summed E-state index contributed by atoms with van der Waals surface area (Å²) in [6.07, 6.45) is 5.89. The first-order valence-electron chi connectivity index (χ1n) is 7.08. The number of carbonyl (C=O) groups is 3. The molecule has 6 nitrogen and oxygen atoms in total. The minimum absolute atomic E-state index is 0.124. The summed E-state index contributed by atoms with van der Waals surface area (Å²) < 4.78 is 0. The van der Waals surface area contributed by atoms with Gasteiger partial charge in [0.25, 0.3) is 5.91 Å². The SMILES string of the molecule is O=C(CN1C(=O)[C@H]2CCCN2C1=O)NC1CCCC1. The molecule has 2 aliphatic heterocycles. The Morgan fingerprint density at radius 3 is 2.58 bits per heavy atom. The van der Waals surface area contributed by atoms with Gasteiger partial charge in [-0.05, 0) is 25.7 Å². The lowest BCUT2D eigenvalue weighted by atomic mass is 10.2. The summed E-state index contributed by atoms with van der Waals surface area (Å²) in [7, 11) is 0. The summed E-state index contributed by atoms with van der Waals surface area (Å²) in [5.41, 5.74) is 0. The van der Waals surface area contributed by atoms with Gasteiger partial charge in [-0.3, -0.25) is 14.5 Å². The van der Waals surface area contributed by atoms with Crippen LogP contribution in [0.1, 0.15) is 38.5 Å². The predicted molar refractivity (Wildman–Crippen MR) is 67.2 cm³/mol. The smallest absolute Gasteiger partial charge is 0.327 e. The summed E-state index contributed by atoms with van der Waals surface area (Å²) >= 11 is 0. The Morgan fingerprint density at radius 1 is 1.16 bits per heavy atom. The second-order valence-electron chi connectivity index (χ2n) is 5.61. The van der Waals surface area contributed by atoms with E-state index in [0.29, 0.717) is 6.54 Å². The Kier molecular flexibility index (Phi) is 3.16. The number of hydrogen-bond donors (Lipinski definition) is 1. The fourth-order valence-electron chi connectivity index (χ4n) is 3.31. The molecule has 2 saturated heterocycles. The van der Waals surface area contributed by atoms with Crippen LogP contribution in [0.2, 0.25) is 0 Å². The Balaban J connectivity index is 1.58. The van der Waals surface area contributed by atoms with Crippen molar-refractivity contribution in [2.45, 2.75) is 50.6 Å². The summed E-state index contributed by atoms with van der Waals surface area (Å²) in [6, 6.07) is -0.388. The number of rotatable bonds is 3.